The minimum absolute atomic E-state index is 0.0603. The number of amides is 1. The monoisotopic (exact) mass is 255 g/mol. The summed E-state index contributed by atoms with van der Waals surface area (Å²) in [5, 5.41) is 21.3. The molecule has 0 unspecified atom stereocenters. The maximum atomic E-state index is 11.7. The Bertz CT molecular complexity index is 437. The van der Waals surface area contributed by atoms with Gasteiger partial charge in [-0.2, -0.15) is 0 Å². The normalized spacial score (nSPS) is 11.3. The summed E-state index contributed by atoms with van der Waals surface area (Å²) in [5.41, 5.74) is -1.42. The minimum atomic E-state index is -1.25. The molecule has 1 aromatic heterocycles. The first kappa shape index (κ1) is 14.2. The Morgan fingerprint density at radius 2 is 2.06 bits per heavy atom. The Morgan fingerprint density at radius 1 is 1.44 bits per heavy atom. The number of carbonyl (C=O) groups excluding carboxylic acids is 1. The summed E-state index contributed by atoms with van der Waals surface area (Å²) >= 11 is 0. The second kappa shape index (κ2) is 5.63. The van der Waals surface area contributed by atoms with E-state index in [-0.39, 0.29) is 17.9 Å². The first-order valence-corrected chi connectivity index (χ1v) is 5.70. The van der Waals surface area contributed by atoms with E-state index in [9.17, 15) is 14.7 Å². The number of nitrogens with zero attached hydrogens (tertiary/aromatic N) is 1. The number of carboxylic acids is 1. The Morgan fingerprint density at radius 3 is 2.56 bits per heavy atom. The number of aromatic amines is 1. The fourth-order valence-corrected chi connectivity index (χ4v) is 1.46. The van der Waals surface area contributed by atoms with Crippen molar-refractivity contribution in [1.82, 2.24) is 15.3 Å². The molecule has 0 bridgehead atoms. The topological polar surface area (TPSA) is 115 Å². The number of aromatic nitrogens is 2. The lowest BCUT2D eigenvalue weighted by Gasteiger charge is -2.25. The number of carbonyl (C=O) groups is 2. The van der Waals surface area contributed by atoms with Gasteiger partial charge in [-0.15, -0.1) is 0 Å². The van der Waals surface area contributed by atoms with Gasteiger partial charge in [0.15, 0.2) is 11.4 Å². The Labute approximate surface area is 104 Å². The Kier molecular flexibility index (Phi) is 4.43. The Balaban J connectivity index is 2.72. The van der Waals surface area contributed by atoms with E-state index in [1.54, 1.807) is 0 Å². The highest BCUT2D eigenvalue weighted by molar-refractivity contribution is 6.02. The van der Waals surface area contributed by atoms with Crippen LogP contribution in [0.15, 0.2) is 6.33 Å². The molecule has 1 aromatic rings. The van der Waals surface area contributed by atoms with Crippen molar-refractivity contribution < 1.29 is 19.8 Å². The van der Waals surface area contributed by atoms with Gasteiger partial charge in [0.1, 0.15) is 0 Å². The van der Waals surface area contributed by atoms with Gasteiger partial charge in [-0.05, 0) is 12.8 Å². The second-order valence-corrected chi connectivity index (χ2v) is 4.05. The molecule has 0 radical (unpaired) electrons. The molecule has 0 aliphatic carbocycles. The van der Waals surface area contributed by atoms with Crippen LogP contribution in [0.3, 0.4) is 0 Å². The van der Waals surface area contributed by atoms with Crippen molar-refractivity contribution in [3.63, 3.8) is 0 Å². The zero-order chi connectivity index (χ0) is 13.8. The summed E-state index contributed by atoms with van der Waals surface area (Å²) < 4.78 is 0. The highest BCUT2D eigenvalue weighted by Crippen LogP contribution is 2.13. The van der Waals surface area contributed by atoms with Crippen molar-refractivity contribution in [1.29, 1.82) is 0 Å². The van der Waals surface area contributed by atoms with Crippen molar-refractivity contribution in [3.8, 4) is 0 Å². The van der Waals surface area contributed by atoms with Crippen LogP contribution in [0, 0.1) is 0 Å². The molecule has 1 heterocycles. The molecule has 100 valence electrons. The number of nitrogens with one attached hydrogen (secondary N) is 2. The van der Waals surface area contributed by atoms with E-state index in [0.29, 0.717) is 12.8 Å². The second-order valence-electron chi connectivity index (χ2n) is 4.05. The molecule has 1 amide bonds. The lowest BCUT2D eigenvalue weighted by molar-refractivity contribution is 0.0313. The molecule has 0 saturated carbocycles. The van der Waals surface area contributed by atoms with Gasteiger partial charge in [-0.3, -0.25) is 4.79 Å². The van der Waals surface area contributed by atoms with Gasteiger partial charge in [0.2, 0.25) is 0 Å². The first-order chi connectivity index (χ1) is 8.43. The largest absolute Gasteiger partial charge is 0.477 e. The van der Waals surface area contributed by atoms with Gasteiger partial charge in [-0.1, -0.05) is 13.8 Å². The fourth-order valence-electron chi connectivity index (χ4n) is 1.46. The predicted octanol–water partition coefficient (Wildman–Crippen LogP) is 0.389. The summed E-state index contributed by atoms with van der Waals surface area (Å²) in [6.45, 7) is 3.69. The van der Waals surface area contributed by atoms with E-state index >= 15 is 0 Å². The smallest absolute Gasteiger partial charge is 0.354 e. The predicted molar refractivity (Wildman–Crippen MR) is 63.4 cm³/mol. The molecular weight excluding hydrogens is 238 g/mol. The average Bonchev–Trinajstić information content (AvgIpc) is 2.85. The molecule has 0 saturated heterocycles. The number of aliphatic hydroxyl groups is 1. The quantitative estimate of drug-likeness (QED) is 0.587. The van der Waals surface area contributed by atoms with Crippen molar-refractivity contribution >= 4 is 11.9 Å². The third-order valence-corrected chi connectivity index (χ3v) is 2.96. The highest BCUT2D eigenvalue weighted by Gasteiger charge is 2.25. The summed E-state index contributed by atoms with van der Waals surface area (Å²) in [5.74, 6) is -1.87. The number of H-pyrrole nitrogens is 1. The molecule has 18 heavy (non-hydrogen) atoms. The summed E-state index contributed by atoms with van der Waals surface area (Å²) in [7, 11) is 0. The summed E-state index contributed by atoms with van der Waals surface area (Å²) in [6.07, 6.45) is 2.14. The third kappa shape index (κ3) is 3.07. The molecule has 0 aliphatic rings. The van der Waals surface area contributed by atoms with Crippen LogP contribution in [0.5, 0.6) is 0 Å². The molecular formula is C11H17N3O4. The van der Waals surface area contributed by atoms with Gasteiger partial charge in [-0.25, -0.2) is 9.78 Å². The van der Waals surface area contributed by atoms with Crippen molar-refractivity contribution in [2.75, 3.05) is 6.54 Å². The molecule has 0 spiro atoms. The van der Waals surface area contributed by atoms with Crippen LogP contribution in [-0.4, -0.2) is 44.2 Å². The molecule has 4 N–H and O–H groups in total. The molecule has 0 fully saturated rings. The number of imidazole rings is 1. The van der Waals surface area contributed by atoms with Gasteiger partial charge in [0.05, 0.1) is 11.9 Å². The van der Waals surface area contributed by atoms with Crippen LogP contribution in [-0.2, 0) is 0 Å². The van der Waals surface area contributed by atoms with Crippen LogP contribution in [0.25, 0.3) is 0 Å². The van der Waals surface area contributed by atoms with Crippen molar-refractivity contribution in [2.45, 2.75) is 32.3 Å². The van der Waals surface area contributed by atoms with E-state index in [1.165, 1.54) is 0 Å². The molecule has 0 atom stereocenters. The zero-order valence-corrected chi connectivity index (χ0v) is 10.4. The van der Waals surface area contributed by atoms with E-state index < -0.39 is 17.5 Å². The number of hydrogen-bond acceptors (Lipinski definition) is 4. The third-order valence-electron chi connectivity index (χ3n) is 2.96. The lowest BCUT2D eigenvalue weighted by Crippen LogP contribution is -2.42. The standard InChI is InChI=1S/C11H17N3O4/c1-3-11(18,4-2)5-12-9(15)7-8(10(16)17)14-6-13-7/h6,18H,3-5H2,1-2H3,(H,12,15)(H,13,14)(H,16,17). The zero-order valence-electron chi connectivity index (χ0n) is 10.4. The van der Waals surface area contributed by atoms with Gasteiger partial charge >= 0.3 is 5.97 Å². The van der Waals surface area contributed by atoms with Crippen LogP contribution in [0.1, 0.15) is 47.7 Å². The van der Waals surface area contributed by atoms with Crippen LogP contribution < -0.4 is 5.32 Å². The van der Waals surface area contributed by atoms with Crippen molar-refractivity contribution in [2.24, 2.45) is 0 Å². The fraction of sp³-hybridized carbons (Fsp3) is 0.545. The number of aromatic carboxylic acids is 1. The van der Waals surface area contributed by atoms with E-state index in [1.807, 2.05) is 13.8 Å². The number of carboxylic acid groups (broad SMARTS) is 1. The van der Waals surface area contributed by atoms with E-state index in [0.717, 1.165) is 6.33 Å². The average molecular weight is 255 g/mol. The molecule has 1 rings (SSSR count). The highest BCUT2D eigenvalue weighted by atomic mass is 16.4. The molecule has 0 aliphatic heterocycles. The lowest BCUT2D eigenvalue weighted by atomic mass is 9.97. The first-order valence-electron chi connectivity index (χ1n) is 5.70. The van der Waals surface area contributed by atoms with Gasteiger partial charge in [0, 0.05) is 6.54 Å². The SMILES string of the molecule is CCC(O)(CC)CNC(=O)c1nc[nH]c1C(=O)O. The maximum absolute atomic E-state index is 11.7. The van der Waals surface area contributed by atoms with E-state index in [2.05, 4.69) is 15.3 Å². The van der Waals surface area contributed by atoms with Crippen LogP contribution in [0.2, 0.25) is 0 Å². The molecule has 7 nitrogen and oxygen atoms in total. The Hall–Kier alpha value is -1.89. The van der Waals surface area contributed by atoms with Gasteiger partial charge in [0.25, 0.3) is 5.91 Å². The van der Waals surface area contributed by atoms with Crippen LogP contribution >= 0.6 is 0 Å². The van der Waals surface area contributed by atoms with Crippen LogP contribution in [0.4, 0.5) is 0 Å². The summed E-state index contributed by atoms with van der Waals surface area (Å²) in [4.78, 5) is 28.6. The molecule has 7 heteroatoms. The summed E-state index contributed by atoms with van der Waals surface area (Å²) in [6, 6.07) is 0. The number of hydrogen-bond donors (Lipinski definition) is 4. The molecule has 0 aromatic carbocycles. The van der Waals surface area contributed by atoms with E-state index in [4.69, 9.17) is 5.11 Å². The van der Waals surface area contributed by atoms with Crippen molar-refractivity contribution in [3.05, 3.63) is 17.7 Å². The number of rotatable bonds is 6. The minimum Gasteiger partial charge on any atom is -0.477 e. The van der Waals surface area contributed by atoms with Gasteiger partial charge < -0.3 is 20.5 Å². The maximum Gasteiger partial charge on any atom is 0.354 e.